The number of hydrogen-bond donors (Lipinski definition) is 2. The lowest BCUT2D eigenvalue weighted by Gasteiger charge is -2.38. The van der Waals surface area contributed by atoms with E-state index >= 15 is 0 Å². The molecule has 0 radical (unpaired) electrons. The number of nitrogens with zero attached hydrogens (tertiary/aromatic N) is 5. The van der Waals surface area contributed by atoms with Gasteiger partial charge in [0.2, 0.25) is 0 Å². The zero-order valence-corrected chi connectivity index (χ0v) is 20.7. The maximum absolute atomic E-state index is 13.3. The molecule has 0 bridgehead atoms. The molecule has 4 aromatic heterocycles. The first-order valence-corrected chi connectivity index (χ1v) is 12.2. The number of carbonyl (C=O) groups is 1. The van der Waals surface area contributed by atoms with Crippen LogP contribution >= 0.6 is 0 Å². The third kappa shape index (κ3) is 3.99. The van der Waals surface area contributed by atoms with Crippen molar-refractivity contribution < 1.29 is 18.0 Å². The van der Waals surface area contributed by atoms with Crippen molar-refractivity contribution in [2.75, 3.05) is 18.4 Å². The van der Waals surface area contributed by atoms with E-state index in [9.17, 15) is 13.6 Å². The Morgan fingerprint density at radius 3 is 2.56 bits per heavy atom. The molecule has 2 aromatic carbocycles. The van der Waals surface area contributed by atoms with Crippen molar-refractivity contribution >= 4 is 39.4 Å². The van der Waals surface area contributed by atoms with Gasteiger partial charge in [0.15, 0.2) is 17.2 Å². The van der Waals surface area contributed by atoms with Crippen LogP contribution in [0.3, 0.4) is 0 Å². The molecule has 1 amide bonds. The number of H-pyrrole nitrogens is 1. The van der Waals surface area contributed by atoms with E-state index in [4.69, 9.17) is 9.40 Å². The Labute approximate surface area is 220 Å². The Bertz CT molecular complexity index is 1850. The number of furan rings is 1. The summed E-state index contributed by atoms with van der Waals surface area (Å²) in [5, 5.41) is 11.0. The Kier molecular flexibility index (Phi) is 5.02. The first-order valence-electron chi connectivity index (χ1n) is 12.2. The number of alkyl halides is 2. The molecule has 2 N–H and O–H groups in total. The van der Waals surface area contributed by atoms with Crippen molar-refractivity contribution in [3.63, 3.8) is 0 Å². The highest BCUT2D eigenvalue weighted by molar-refractivity contribution is 6.00. The summed E-state index contributed by atoms with van der Waals surface area (Å²) in [4.78, 5) is 23.4. The van der Waals surface area contributed by atoms with Crippen LogP contribution < -0.4 is 5.32 Å². The lowest BCUT2D eigenvalue weighted by molar-refractivity contribution is -0.113. The number of anilines is 2. The van der Waals surface area contributed by atoms with Crippen molar-refractivity contribution in [1.29, 1.82) is 0 Å². The minimum atomic E-state index is -2.82. The van der Waals surface area contributed by atoms with Crippen molar-refractivity contribution in [1.82, 2.24) is 29.6 Å². The standard InChI is InChI=1S/C28H21F2N7O2/c1-36-22-11-18(3-2-17(22)10-23(36)27(38)37-14-28(29,30)15-37)25-34-21-8-9-39-24(21)26(35-25)33-20-6-4-16(5-7-20)19-12-31-32-13-19/h2-13H,14-15H2,1H3,(H,31,32)(H,33,34,35). The first-order chi connectivity index (χ1) is 18.8. The highest BCUT2D eigenvalue weighted by Gasteiger charge is 2.46. The fraction of sp³-hybridized carbons (Fsp3) is 0.143. The number of likely N-dealkylation sites (tertiary alicyclic amines) is 1. The molecule has 1 fully saturated rings. The summed E-state index contributed by atoms with van der Waals surface area (Å²) >= 11 is 0. The monoisotopic (exact) mass is 525 g/mol. The molecular weight excluding hydrogens is 504 g/mol. The number of aromatic nitrogens is 5. The lowest BCUT2D eigenvalue weighted by atomic mass is 10.1. The highest BCUT2D eigenvalue weighted by atomic mass is 19.3. The number of amides is 1. The molecule has 194 valence electrons. The van der Waals surface area contributed by atoms with Crippen molar-refractivity contribution in [3.8, 4) is 22.5 Å². The molecule has 0 aliphatic carbocycles. The second-order valence-electron chi connectivity index (χ2n) is 9.60. The predicted molar refractivity (Wildman–Crippen MR) is 142 cm³/mol. The Morgan fingerprint density at radius 2 is 1.82 bits per heavy atom. The zero-order chi connectivity index (χ0) is 26.7. The van der Waals surface area contributed by atoms with E-state index in [1.54, 1.807) is 36.2 Å². The lowest BCUT2D eigenvalue weighted by Crippen LogP contribution is -2.58. The van der Waals surface area contributed by atoms with Gasteiger partial charge in [0.1, 0.15) is 11.2 Å². The van der Waals surface area contributed by atoms with E-state index in [0.29, 0.717) is 28.4 Å². The summed E-state index contributed by atoms with van der Waals surface area (Å²) in [5.74, 6) is -2.25. The summed E-state index contributed by atoms with van der Waals surface area (Å²) in [6.07, 6.45) is 5.16. The maximum Gasteiger partial charge on any atom is 0.282 e. The number of benzene rings is 2. The molecular formula is C28H21F2N7O2. The third-order valence-electron chi connectivity index (χ3n) is 6.94. The van der Waals surface area contributed by atoms with Gasteiger partial charge in [0.25, 0.3) is 11.8 Å². The van der Waals surface area contributed by atoms with E-state index in [-0.39, 0.29) is 0 Å². The predicted octanol–water partition coefficient (Wildman–Crippen LogP) is 5.61. The smallest absolute Gasteiger partial charge is 0.282 e. The van der Waals surface area contributed by atoms with E-state index in [1.165, 1.54) is 0 Å². The first kappa shape index (κ1) is 23.1. The van der Waals surface area contributed by atoms with Crippen LogP contribution in [0.15, 0.2) is 77.7 Å². The molecule has 1 saturated heterocycles. The quantitative estimate of drug-likeness (QED) is 0.303. The molecule has 6 aromatic rings. The number of aromatic amines is 1. The average molecular weight is 526 g/mol. The fourth-order valence-corrected chi connectivity index (χ4v) is 4.86. The topological polar surface area (TPSA) is 105 Å². The minimum absolute atomic E-state index is 0.352. The van der Waals surface area contributed by atoms with E-state index in [1.807, 2.05) is 48.7 Å². The second-order valence-corrected chi connectivity index (χ2v) is 9.60. The van der Waals surface area contributed by atoms with Gasteiger partial charge in [-0.2, -0.15) is 5.10 Å². The molecule has 11 heteroatoms. The van der Waals surface area contributed by atoms with Crippen LogP contribution in [0.5, 0.6) is 0 Å². The summed E-state index contributed by atoms with van der Waals surface area (Å²) < 4.78 is 34.0. The SMILES string of the molecule is Cn1c(C(=O)N2CC(F)(F)C2)cc2ccc(-c3nc(Nc4ccc(-c5cn[nH]c5)cc4)c4occc4n3)cc21. The van der Waals surface area contributed by atoms with Crippen LogP contribution in [0.25, 0.3) is 44.5 Å². The van der Waals surface area contributed by atoms with Crippen LogP contribution in [0.1, 0.15) is 10.5 Å². The third-order valence-corrected chi connectivity index (χ3v) is 6.94. The van der Waals surface area contributed by atoms with Gasteiger partial charge < -0.3 is 19.2 Å². The molecule has 1 aliphatic heterocycles. The normalized spacial score (nSPS) is 14.6. The van der Waals surface area contributed by atoms with Gasteiger partial charge in [-0.3, -0.25) is 9.89 Å². The summed E-state index contributed by atoms with van der Waals surface area (Å²) in [5.41, 5.74) is 5.85. The summed E-state index contributed by atoms with van der Waals surface area (Å²) in [6, 6.07) is 17.0. The summed E-state index contributed by atoms with van der Waals surface area (Å²) in [7, 11) is 1.75. The minimum Gasteiger partial charge on any atom is -0.459 e. The van der Waals surface area contributed by atoms with Crippen LogP contribution in [-0.2, 0) is 7.05 Å². The Hall–Kier alpha value is -5.06. The number of hydrogen-bond acceptors (Lipinski definition) is 6. The molecule has 39 heavy (non-hydrogen) atoms. The zero-order valence-electron chi connectivity index (χ0n) is 20.7. The number of rotatable bonds is 5. The van der Waals surface area contributed by atoms with Crippen LogP contribution in [0.4, 0.5) is 20.3 Å². The van der Waals surface area contributed by atoms with Gasteiger partial charge in [-0.25, -0.2) is 18.7 Å². The molecule has 0 unspecified atom stereocenters. The molecule has 5 heterocycles. The van der Waals surface area contributed by atoms with E-state index < -0.39 is 24.9 Å². The van der Waals surface area contributed by atoms with Crippen molar-refractivity contribution in [2.24, 2.45) is 7.05 Å². The highest BCUT2D eigenvalue weighted by Crippen LogP contribution is 2.32. The average Bonchev–Trinajstić information content (AvgIpc) is 3.68. The summed E-state index contributed by atoms with van der Waals surface area (Å²) in [6.45, 7) is -1.11. The largest absolute Gasteiger partial charge is 0.459 e. The van der Waals surface area contributed by atoms with Crippen molar-refractivity contribution in [3.05, 3.63) is 78.9 Å². The molecule has 0 spiro atoms. The molecule has 0 saturated carbocycles. The second kappa shape index (κ2) is 8.48. The fourth-order valence-electron chi connectivity index (χ4n) is 4.86. The van der Waals surface area contributed by atoms with Gasteiger partial charge in [-0.1, -0.05) is 24.3 Å². The maximum atomic E-state index is 13.3. The number of fused-ring (bicyclic) bond motifs is 2. The molecule has 7 rings (SSSR count). The molecule has 1 aliphatic rings. The van der Waals surface area contributed by atoms with Gasteiger partial charge in [-0.05, 0) is 29.8 Å². The van der Waals surface area contributed by atoms with Gasteiger partial charge >= 0.3 is 0 Å². The van der Waals surface area contributed by atoms with Gasteiger partial charge in [-0.15, -0.1) is 0 Å². The number of carbonyl (C=O) groups excluding carboxylic acids is 1. The van der Waals surface area contributed by atoms with Gasteiger partial charge in [0.05, 0.1) is 25.5 Å². The van der Waals surface area contributed by atoms with E-state index in [0.717, 1.165) is 38.2 Å². The van der Waals surface area contributed by atoms with Crippen LogP contribution in [-0.4, -0.2) is 54.6 Å². The number of aryl methyl sites for hydroxylation is 1. The van der Waals surface area contributed by atoms with Crippen LogP contribution in [0, 0.1) is 0 Å². The molecule has 0 atom stereocenters. The Morgan fingerprint density at radius 1 is 1.03 bits per heavy atom. The van der Waals surface area contributed by atoms with Crippen molar-refractivity contribution in [2.45, 2.75) is 5.92 Å². The van der Waals surface area contributed by atoms with Crippen LogP contribution in [0.2, 0.25) is 0 Å². The van der Waals surface area contributed by atoms with E-state index in [2.05, 4.69) is 20.5 Å². The Balaban J connectivity index is 1.22. The molecule has 9 nitrogen and oxygen atoms in total. The number of halogens is 2. The number of nitrogens with one attached hydrogen (secondary N) is 2. The van der Waals surface area contributed by atoms with Gasteiger partial charge in [0, 0.05) is 47.0 Å².